The summed E-state index contributed by atoms with van der Waals surface area (Å²) in [6.45, 7) is 5.54. The highest BCUT2D eigenvalue weighted by Crippen LogP contribution is 2.23. The molecular formula is C11H20N4O4. The van der Waals surface area contributed by atoms with Crippen molar-refractivity contribution in [2.45, 2.75) is 44.9 Å². The van der Waals surface area contributed by atoms with Crippen LogP contribution in [0.25, 0.3) is 0 Å². The number of likely N-dealkylation sites (tertiary alicyclic amines) is 1. The zero-order valence-electron chi connectivity index (χ0n) is 11.6. The Hall–Kier alpha value is -1.70. The molecule has 19 heavy (non-hydrogen) atoms. The number of ether oxygens (including phenoxy) is 2. The van der Waals surface area contributed by atoms with Gasteiger partial charge in [0.05, 0.1) is 12.6 Å². The van der Waals surface area contributed by atoms with Crippen molar-refractivity contribution in [1.82, 2.24) is 10.3 Å². The maximum absolute atomic E-state index is 12.0. The van der Waals surface area contributed by atoms with Gasteiger partial charge in [-0.2, -0.15) is 5.53 Å². The van der Waals surface area contributed by atoms with Crippen LogP contribution in [-0.2, 0) is 14.3 Å². The Morgan fingerprint density at radius 3 is 2.53 bits per heavy atom. The van der Waals surface area contributed by atoms with E-state index in [4.69, 9.17) is 15.0 Å². The van der Waals surface area contributed by atoms with Crippen molar-refractivity contribution in [1.29, 1.82) is 5.53 Å². The van der Waals surface area contributed by atoms with E-state index in [0.717, 1.165) is 0 Å². The molecule has 1 saturated heterocycles. The maximum atomic E-state index is 12.0. The SMILES string of the molecule is CO[C@H]1C[C@@H](C(=O)NN=N)N(C(=O)OC(C)(C)C)C1. The van der Waals surface area contributed by atoms with Crippen LogP contribution in [0.5, 0.6) is 0 Å². The first kappa shape index (κ1) is 15.4. The minimum atomic E-state index is -0.728. The van der Waals surface area contributed by atoms with Crippen LogP contribution < -0.4 is 5.43 Å². The summed E-state index contributed by atoms with van der Waals surface area (Å²) in [4.78, 5) is 25.1. The van der Waals surface area contributed by atoms with E-state index < -0.39 is 23.6 Å². The van der Waals surface area contributed by atoms with Gasteiger partial charge in [-0.05, 0) is 20.8 Å². The highest BCUT2D eigenvalue weighted by Gasteiger charge is 2.41. The third-order valence-corrected chi connectivity index (χ3v) is 2.69. The molecule has 1 aliphatic rings. The molecular weight excluding hydrogens is 252 g/mol. The van der Waals surface area contributed by atoms with E-state index in [1.165, 1.54) is 12.0 Å². The number of carbonyl (C=O) groups excluding carboxylic acids is 2. The van der Waals surface area contributed by atoms with Gasteiger partial charge in [0.15, 0.2) is 0 Å². The van der Waals surface area contributed by atoms with Gasteiger partial charge in [0.2, 0.25) is 0 Å². The van der Waals surface area contributed by atoms with E-state index in [9.17, 15) is 9.59 Å². The Kier molecular flexibility index (Phi) is 4.82. The summed E-state index contributed by atoms with van der Waals surface area (Å²) in [6, 6.07) is -0.728. The topological polar surface area (TPSA) is 104 Å². The molecule has 1 heterocycles. The van der Waals surface area contributed by atoms with Gasteiger partial charge in [0.1, 0.15) is 11.6 Å². The predicted octanol–water partition coefficient (Wildman–Crippen LogP) is 1.07. The van der Waals surface area contributed by atoms with Gasteiger partial charge >= 0.3 is 6.09 Å². The number of rotatable bonds is 3. The first-order valence-electron chi connectivity index (χ1n) is 5.97. The van der Waals surface area contributed by atoms with E-state index in [0.29, 0.717) is 6.42 Å². The monoisotopic (exact) mass is 272 g/mol. The number of carbonyl (C=O) groups is 2. The number of nitrogens with one attached hydrogen (secondary N) is 2. The summed E-state index contributed by atoms with van der Waals surface area (Å²) in [5, 5.41) is 2.83. The fourth-order valence-corrected chi connectivity index (χ4v) is 1.87. The Bertz CT molecular complexity index is 366. The van der Waals surface area contributed by atoms with Crippen molar-refractivity contribution in [3.8, 4) is 0 Å². The average Bonchev–Trinajstić information content (AvgIpc) is 2.71. The summed E-state index contributed by atoms with van der Waals surface area (Å²) in [7, 11) is 1.52. The number of hydrogen-bond acceptors (Lipinski definition) is 6. The number of nitrogens with zero attached hydrogens (tertiary/aromatic N) is 2. The van der Waals surface area contributed by atoms with Gasteiger partial charge in [-0.1, -0.05) is 5.22 Å². The molecule has 0 aromatic carbocycles. The minimum Gasteiger partial charge on any atom is -0.444 e. The lowest BCUT2D eigenvalue weighted by atomic mass is 10.2. The summed E-state index contributed by atoms with van der Waals surface area (Å²) in [5.41, 5.74) is 8.03. The van der Waals surface area contributed by atoms with Crippen LogP contribution in [0.15, 0.2) is 5.22 Å². The average molecular weight is 272 g/mol. The Labute approximate surface area is 111 Å². The molecule has 8 heteroatoms. The smallest absolute Gasteiger partial charge is 0.411 e. The summed E-state index contributed by atoms with van der Waals surface area (Å²) < 4.78 is 10.4. The molecule has 2 atom stereocenters. The Morgan fingerprint density at radius 2 is 2.05 bits per heavy atom. The first-order valence-corrected chi connectivity index (χ1v) is 5.97. The lowest BCUT2D eigenvalue weighted by Crippen LogP contribution is -2.46. The molecule has 0 saturated carbocycles. The van der Waals surface area contributed by atoms with Crippen LogP contribution in [0.3, 0.4) is 0 Å². The molecule has 0 aromatic rings. The maximum Gasteiger partial charge on any atom is 0.411 e. The molecule has 1 fully saturated rings. The molecule has 0 spiro atoms. The van der Waals surface area contributed by atoms with Crippen molar-refractivity contribution in [2.75, 3.05) is 13.7 Å². The van der Waals surface area contributed by atoms with E-state index in [2.05, 4.69) is 5.22 Å². The molecule has 2 amide bonds. The molecule has 0 aromatic heterocycles. The quantitative estimate of drug-likeness (QED) is 0.592. The molecule has 0 aliphatic carbocycles. The van der Waals surface area contributed by atoms with E-state index in [1.54, 1.807) is 20.8 Å². The van der Waals surface area contributed by atoms with Gasteiger partial charge < -0.3 is 9.47 Å². The molecule has 1 rings (SSSR count). The second-order valence-electron chi connectivity index (χ2n) is 5.33. The van der Waals surface area contributed by atoms with Crippen LogP contribution >= 0.6 is 0 Å². The van der Waals surface area contributed by atoms with Crippen molar-refractivity contribution in [3.63, 3.8) is 0 Å². The molecule has 8 nitrogen and oxygen atoms in total. The highest BCUT2D eigenvalue weighted by molar-refractivity contribution is 5.86. The summed E-state index contributed by atoms with van der Waals surface area (Å²) >= 11 is 0. The molecule has 2 N–H and O–H groups in total. The molecule has 0 radical (unpaired) electrons. The van der Waals surface area contributed by atoms with Crippen molar-refractivity contribution < 1.29 is 19.1 Å². The normalized spacial score (nSPS) is 23.1. The number of hydrogen-bond donors (Lipinski definition) is 2. The Morgan fingerprint density at radius 1 is 1.42 bits per heavy atom. The van der Waals surface area contributed by atoms with E-state index in [-0.39, 0.29) is 12.6 Å². The third-order valence-electron chi connectivity index (χ3n) is 2.69. The van der Waals surface area contributed by atoms with E-state index >= 15 is 0 Å². The molecule has 108 valence electrons. The zero-order chi connectivity index (χ0) is 14.6. The van der Waals surface area contributed by atoms with E-state index in [1.807, 2.05) is 5.43 Å². The summed E-state index contributed by atoms with van der Waals surface area (Å²) in [6.07, 6.45) is -0.442. The minimum absolute atomic E-state index is 0.228. The van der Waals surface area contributed by atoms with Gasteiger partial charge in [0, 0.05) is 13.5 Å². The zero-order valence-corrected chi connectivity index (χ0v) is 11.6. The van der Waals surface area contributed by atoms with Crippen LogP contribution in [0.1, 0.15) is 27.2 Å². The number of methoxy groups -OCH3 is 1. The summed E-state index contributed by atoms with van der Waals surface area (Å²) in [5.74, 6) is -0.514. The van der Waals surface area contributed by atoms with Gasteiger partial charge in [0.25, 0.3) is 5.91 Å². The third kappa shape index (κ3) is 4.16. The fraction of sp³-hybridized carbons (Fsp3) is 0.818. The van der Waals surface area contributed by atoms with Crippen LogP contribution in [0.2, 0.25) is 0 Å². The van der Waals surface area contributed by atoms with Crippen molar-refractivity contribution in [2.24, 2.45) is 5.22 Å². The molecule has 1 aliphatic heterocycles. The second kappa shape index (κ2) is 5.96. The molecule has 0 unspecified atom stereocenters. The van der Waals surface area contributed by atoms with Gasteiger partial charge in [-0.15, -0.1) is 0 Å². The van der Waals surface area contributed by atoms with Crippen molar-refractivity contribution >= 4 is 12.0 Å². The lowest BCUT2D eigenvalue weighted by molar-refractivity contribution is -0.125. The number of amides is 2. The van der Waals surface area contributed by atoms with Crippen LogP contribution in [-0.4, -0.2) is 48.3 Å². The second-order valence-corrected chi connectivity index (χ2v) is 5.33. The lowest BCUT2D eigenvalue weighted by Gasteiger charge is -2.27. The standard InChI is InChI=1S/C11H20N4O4/c1-11(2,3)19-10(17)15-6-7(18-4)5-8(15)9(16)13-14-12/h7-8H,5-6H2,1-4H3,(H2,12,13,16)/t7-,8-/m0/s1. The predicted molar refractivity (Wildman–Crippen MR) is 65.4 cm³/mol. The Balaban J connectivity index is 2.79. The largest absolute Gasteiger partial charge is 0.444 e. The van der Waals surface area contributed by atoms with Crippen molar-refractivity contribution in [3.05, 3.63) is 0 Å². The highest BCUT2D eigenvalue weighted by atomic mass is 16.6. The van der Waals surface area contributed by atoms with Gasteiger partial charge in [-0.3, -0.25) is 9.69 Å². The molecule has 0 bridgehead atoms. The fourth-order valence-electron chi connectivity index (χ4n) is 1.87. The van der Waals surface area contributed by atoms with Crippen LogP contribution in [0.4, 0.5) is 4.79 Å². The van der Waals surface area contributed by atoms with Gasteiger partial charge in [-0.25, -0.2) is 10.2 Å². The van der Waals surface area contributed by atoms with Crippen LogP contribution in [0, 0.1) is 5.53 Å². The first-order chi connectivity index (χ1) is 8.78.